The van der Waals surface area contributed by atoms with Gasteiger partial charge in [0.05, 0.1) is 18.7 Å². The molecule has 2 aromatic rings. The van der Waals surface area contributed by atoms with Crippen LogP contribution in [-0.2, 0) is 11.3 Å². The Labute approximate surface area is 143 Å². The van der Waals surface area contributed by atoms with E-state index in [1.54, 1.807) is 0 Å². The molecule has 1 aromatic carbocycles. The van der Waals surface area contributed by atoms with Gasteiger partial charge in [0.1, 0.15) is 0 Å². The number of rotatable bonds is 5. The molecule has 24 heavy (non-hydrogen) atoms. The third-order valence-corrected chi connectivity index (χ3v) is 4.39. The predicted molar refractivity (Wildman–Crippen MR) is 98.1 cm³/mol. The summed E-state index contributed by atoms with van der Waals surface area (Å²) < 4.78 is 5.48. The first-order valence-corrected chi connectivity index (χ1v) is 8.67. The number of fused-ring (bicyclic) bond motifs is 1. The second-order valence-electron chi connectivity index (χ2n) is 6.27. The zero-order valence-corrected chi connectivity index (χ0v) is 14.5. The molecule has 0 spiro atoms. The van der Waals surface area contributed by atoms with Gasteiger partial charge in [-0.3, -0.25) is 4.98 Å². The molecule has 0 bridgehead atoms. The van der Waals surface area contributed by atoms with Crippen LogP contribution in [0.2, 0.25) is 0 Å². The Kier molecular flexibility index (Phi) is 5.64. The first-order valence-electron chi connectivity index (χ1n) is 8.67. The Morgan fingerprint density at radius 1 is 1.38 bits per heavy atom. The third kappa shape index (κ3) is 4.03. The van der Waals surface area contributed by atoms with Crippen LogP contribution in [0.5, 0.6) is 0 Å². The smallest absolute Gasteiger partial charge is 0.193 e. The fourth-order valence-corrected chi connectivity index (χ4v) is 3.12. The predicted octanol–water partition coefficient (Wildman–Crippen LogP) is 2.67. The number of benzene rings is 1. The topological polar surface area (TPSA) is 49.8 Å². The third-order valence-electron chi connectivity index (χ3n) is 4.39. The van der Waals surface area contributed by atoms with Gasteiger partial charge in [0, 0.05) is 44.2 Å². The summed E-state index contributed by atoms with van der Waals surface area (Å²) in [7, 11) is 2.10. The Balaban J connectivity index is 1.74. The number of guanidine groups is 1. The van der Waals surface area contributed by atoms with E-state index >= 15 is 0 Å². The van der Waals surface area contributed by atoms with Gasteiger partial charge in [-0.15, -0.1) is 0 Å². The summed E-state index contributed by atoms with van der Waals surface area (Å²) in [5.41, 5.74) is 2.22. The average molecular weight is 326 g/mol. The zero-order chi connectivity index (χ0) is 16.8. The maximum Gasteiger partial charge on any atom is 0.193 e. The molecule has 1 atom stereocenters. The first kappa shape index (κ1) is 16.7. The van der Waals surface area contributed by atoms with E-state index in [0.717, 1.165) is 44.2 Å². The van der Waals surface area contributed by atoms with Crippen molar-refractivity contribution in [3.05, 3.63) is 42.1 Å². The van der Waals surface area contributed by atoms with E-state index in [-0.39, 0.29) is 0 Å². The molecule has 0 aliphatic carbocycles. The van der Waals surface area contributed by atoms with E-state index in [0.29, 0.717) is 12.5 Å². The number of aromatic nitrogens is 1. The van der Waals surface area contributed by atoms with Gasteiger partial charge in [0.25, 0.3) is 0 Å². The summed E-state index contributed by atoms with van der Waals surface area (Å²) >= 11 is 0. The molecular formula is C19H26N4O. The minimum Gasteiger partial charge on any atom is -0.381 e. The minimum absolute atomic E-state index is 0.598. The van der Waals surface area contributed by atoms with Crippen LogP contribution >= 0.6 is 0 Å². The van der Waals surface area contributed by atoms with Gasteiger partial charge >= 0.3 is 0 Å². The number of para-hydroxylation sites is 1. The minimum atomic E-state index is 0.598. The van der Waals surface area contributed by atoms with E-state index in [9.17, 15) is 0 Å². The number of nitrogens with one attached hydrogen (secondary N) is 1. The van der Waals surface area contributed by atoms with E-state index in [1.165, 1.54) is 10.9 Å². The SMILES string of the molecule is CCNC(=NCc1ccnc2ccccc12)N(C)CC1CCOC1. The molecule has 1 aromatic heterocycles. The molecule has 1 fully saturated rings. The Morgan fingerprint density at radius 3 is 3.04 bits per heavy atom. The number of ether oxygens (including phenoxy) is 1. The average Bonchev–Trinajstić information content (AvgIpc) is 3.11. The summed E-state index contributed by atoms with van der Waals surface area (Å²) in [6.45, 7) is 6.33. The fourth-order valence-electron chi connectivity index (χ4n) is 3.12. The van der Waals surface area contributed by atoms with Crippen molar-refractivity contribution in [2.24, 2.45) is 10.9 Å². The fraction of sp³-hybridized carbons (Fsp3) is 0.474. The van der Waals surface area contributed by atoms with Crippen molar-refractivity contribution in [3.8, 4) is 0 Å². The van der Waals surface area contributed by atoms with Crippen LogP contribution in [0.1, 0.15) is 18.9 Å². The van der Waals surface area contributed by atoms with Crippen LogP contribution in [0.25, 0.3) is 10.9 Å². The molecule has 5 heteroatoms. The molecule has 1 N–H and O–H groups in total. The van der Waals surface area contributed by atoms with Gasteiger partial charge in [-0.25, -0.2) is 4.99 Å². The van der Waals surface area contributed by atoms with Crippen LogP contribution in [-0.4, -0.2) is 49.2 Å². The highest BCUT2D eigenvalue weighted by molar-refractivity contribution is 5.83. The lowest BCUT2D eigenvalue weighted by Gasteiger charge is -2.24. The van der Waals surface area contributed by atoms with Gasteiger partial charge < -0.3 is 15.0 Å². The summed E-state index contributed by atoms with van der Waals surface area (Å²) in [5, 5.41) is 4.57. The number of pyridine rings is 1. The monoisotopic (exact) mass is 326 g/mol. The van der Waals surface area contributed by atoms with Gasteiger partial charge in [0.2, 0.25) is 0 Å². The molecule has 1 saturated heterocycles. The van der Waals surface area contributed by atoms with Crippen LogP contribution in [0, 0.1) is 5.92 Å². The number of hydrogen-bond donors (Lipinski definition) is 1. The molecule has 1 aliphatic heterocycles. The van der Waals surface area contributed by atoms with Crippen LogP contribution in [0.15, 0.2) is 41.5 Å². The van der Waals surface area contributed by atoms with E-state index in [4.69, 9.17) is 9.73 Å². The van der Waals surface area contributed by atoms with Crippen LogP contribution in [0.4, 0.5) is 0 Å². The summed E-state index contributed by atoms with van der Waals surface area (Å²) in [6, 6.07) is 10.3. The van der Waals surface area contributed by atoms with Crippen molar-refractivity contribution >= 4 is 16.9 Å². The van der Waals surface area contributed by atoms with Gasteiger partial charge in [-0.2, -0.15) is 0 Å². The highest BCUT2D eigenvalue weighted by Crippen LogP contribution is 2.17. The Hall–Kier alpha value is -2.14. The zero-order valence-electron chi connectivity index (χ0n) is 14.5. The normalized spacial score (nSPS) is 18.1. The molecule has 2 heterocycles. The van der Waals surface area contributed by atoms with Crippen molar-refractivity contribution in [2.75, 3.05) is 33.4 Å². The van der Waals surface area contributed by atoms with E-state index in [1.807, 2.05) is 18.3 Å². The van der Waals surface area contributed by atoms with Gasteiger partial charge in [-0.05, 0) is 31.0 Å². The van der Waals surface area contributed by atoms with Crippen molar-refractivity contribution in [1.82, 2.24) is 15.2 Å². The van der Waals surface area contributed by atoms with Crippen molar-refractivity contribution in [1.29, 1.82) is 0 Å². The Morgan fingerprint density at radius 2 is 2.25 bits per heavy atom. The number of aliphatic imine (C=N–C) groups is 1. The first-order chi connectivity index (χ1) is 11.8. The molecule has 0 amide bonds. The lowest BCUT2D eigenvalue weighted by molar-refractivity contribution is 0.181. The standard InChI is InChI=1S/C19H26N4O/c1-3-20-19(23(2)13-15-9-11-24-14-15)22-12-16-8-10-21-18-7-5-4-6-17(16)18/h4-8,10,15H,3,9,11-14H2,1-2H3,(H,20,22). The molecule has 3 rings (SSSR count). The number of hydrogen-bond acceptors (Lipinski definition) is 3. The molecule has 0 radical (unpaired) electrons. The van der Waals surface area contributed by atoms with Crippen molar-refractivity contribution < 1.29 is 4.74 Å². The van der Waals surface area contributed by atoms with Gasteiger partial charge in [-0.1, -0.05) is 18.2 Å². The Bertz CT molecular complexity index is 689. The quantitative estimate of drug-likeness (QED) is 0.678. The van der Waals surface area contributed by atoms with Crippen LogP contribution in [0.3, 0.4) is 0 Å². The number of nitrogens with zero attached hydrogens (tertiary/aromatic N) is 3. The molecule has 128 valence electrons. The lowest BCUT2D eigenvalue weighted by Crippen LogP contribution is -2.41. The second kappa shape index (κ2) is 8.11. The maximum atomic E-state index is 5.48. The highest BCUT2D eigenvalue weighted by atomic mass is 16.5. The molecular weight excluding hydrogens is 300 g/mol. The molecule has 1 unspecified atom stereocenters. The summed E-state index contributed by atoms with van der Waals surface area (Å²) in [6.07, 6.45) is 3.00. The van der Waals surface area contributed by atoms with E-state index in [2.05, 4.69) is 47.4 Å². The highest BCUT2D eigenvalue weighted by Gasteiger charge is 2.19. The summed E-state index contributed by atoms with van der Waals surface area (Å²) in [5.74, 6) is 1.55. The van der Waals surface area contributed by atoms with Gasteiger partial charge in [0.15, 0.2) is 5.96 Å². The second-order valence-corrected chi connectivity index (χ2v) is 6.27. The molecule has 5 nitrogen and oxygen atoms in total. The molecule has 0 saturated carbocycles. The van der Waals surface area contributed by atoms with Crippen molar-refractivity contribution in [3.63, 3.8) is 0 Å². The maximum absolute atomic E-state index is 5.48. The van der Waals surface area contributed by atoms with E-state index < -0.39 is 0 Å². The van der Waals surface area contributed by atoms with Crippen molar-refractivity contribution in [2.45, 2.75) is 19.9 Å². The molecule has 1 aliphatic rings. The van der Waals surface area contributed by atoms with Crippen LogP contribution < -0.4 is 5.32 Å². The lowest BCUT2D eigenvalue weighted by atomic mass is 10.1. The largest absolute Gasteiger partial charge is 0.381 e. The summed E-state index contributed by atoms with van der Waals surface area (Å²) in [4.78, 5) is 11.5.